The van der Waals surface area contributed by atoms with Crippen molar-refractivity contribution in [1.29, 1.82) is 0 Å². The number of halogens is 1. The highest BCUT2D eigenvalue weighted by Gasteiger charge is 2.35. The van der Waals surface area contributed by atoms with Crippen molar-refractivity contribution in [3.05, 3.63) is 87.9 Å². The van der Waals surface area contributed by atoms with Crippen molar-refractivity contribution in [3.8, 4) is 11.5 Å². The number of benzene rings is 3. The molecule has 7 nitrogen and oxygen atoms in total. The van der Waals surface area contributed by atoms with Crippen LogP contribution in [-0.2, 0) is 16.2 Å². The maximum absolute atomic E-state index is 12.6. The van der Waals surface area contributed by atoms with Gasteiger partial charge in [0.15, 0.2) is 11.5 Å². The first kappa shape index (κ1) is 25.3. The molecule has 0 unspecified atom stereocenters. The van der Waals surface area contributed by atoms with Crippen LogP contribution in [0.1, 0.15) is 28.7 Å². The maximum atomic E-state index is 12.6. The van der Waals surface area contributed by atoms with Crippen LogP contribution < -0.4 is 19.8 Å². The largest absolute Gasteiger partial charge is 0.493 e. The molecule has 1 saturated heterocycles. The Bertz CT molecular complexity index is 1310. The van der Waals surface area contributed by atoms with Crippen LogP contribution in [0, 0.1) is 19.8 Å². The van der Waals surface area contributed by atoms with Gasteiger partial charge in [0.05, 0.1) is 19.2 Å². The summed E-state index contributed by atoms with van der Waals surface area (Å²) >= 11 is 6.19. The van der Waals surface area contributed by atoms with E-state index in [1.165, 1.54) is 6.21 Å². The summed E-state index contributed by atoms with van der Waals surface area (Å²) in [6.45, 7) is 4.66. The predicted octanol–water partition coefficient (Wildman–Crippen LogP) is 5.05. The third kappa shape index (κ3) is 5.86. The number of amides is 2. The summed E-state index contributed by atoms with van der Waals surface area (Å²) < 4.78 is 11.3. The number of hydrazone groups is 1. The quantitative estimate of drug-likeness (QED) is 0.343. The molecular formula is C28H28ClN3O4. The molecule has 0 spiro atoms. The molecule has 36 heavy (non-hydrogen) atoms. The Morgan fingerprint density at radius 1 is 1.11 bits per heavy atom. The molecule has 0 bridgehead atoms. The van der Waals surface area contributed by atoms with E-state index in [-0.39, 0.29) is 18.2 Å². The number of hydrogen-bond acceptors (Lipinski definition) is 5. The second kappa shape index (κ2) is 11.3. The molecule has 1 aliphatic rings. The molecule has 3 aromatic carbocycles. The molecule has 1 fully saturated rings. The fourth-order valence-electron chi connectivity index (χ4n) is 3.94. The molecular weight excluding hydrogens is 478 g/mol. The van der Waals surface area contributed by atoms with Crippen LogP contribution in [0.3, 0.4) is 0 Å². The highest BCUT2D eigenvalue weighted by Crippen LogP contribution is 2.30. The van der Waals surface area contributed by atoms with Crippen molar-refractivity contribution < 1.29 is 19.1 Å². The van der Waals surface area contributed by atoms with E-state index in [0.717, 1.165) is 27.9 Å². The van der Waals surface area contributed by atoms with E-state index in [2.05, 4.69) is 10.5 Å². The Morgan fingerprint density at radius 2 is 1.92 bits per heavy atom. The maximum Gasteiger partial charge on any atom is 0.245 e. The first-order valence-electron chi connectivity index (χ1n) is 11.6. The van der Waals surface area contributed by atoms with Gasteiger partial charge in [-0.1, -0.05) is 35.9 Å². The number of methoxy groups -OCH3 is 1. The van der Waals surface area contributed by atoms with Crippen molar-refractivity contribution in [2.45, 2.75) is 26.9 Å². The highest BCUT2D eigenvalue weighted by atomic mass is 35.5. The SMILES string of the molecule is COc1cc(/C=N\NC(=O)[C@H]2CC(=O)N(c3ccc(C)c(C)c3)C2)ccc1OCc1ccccc1Cl. The molecule has 0 aliphatic carbocycles. The van der Waals surface area contributed by atoms with E-state index in [1.807, 2.05) is 56.3 Å². The molecule has 1 N–H and O–H groups in total. The van der Waals surface area contributed by atoms with Crippen LogP contribution in [0.5, 0.6) is 11.5 Å². The summed E-state index contributed by atoms with van der Waals surface area (Å²) in [6.07, 6.45) is 1.68. The molecule has 2 amide bonds. The average molecular weight is 506 g/mol. The zero-order valence-corrected chi connectivity index (χ0v) is 21.2. The van der Waals surface area contributed by atoms with Crippen LogP contribution >= 0.6 is 11.6 Å². The Kier molecular flexibility index (Phi) is 7.90. The van der Waals surface area contributed by atoms with E-state index in [4.69, 9.17) is 21.1 Å². The van der Waals surface area contributed by atoms with Gasteiger partial charge in [-0.15, -0.1) is 0 Å². The predicted molar refractivity (Wildman–Crippen MR) is 141 cm³/mol. The van der Waals surface area contributed by atoms with Crippen LogP contribution in [0.15, 0.2) is 65.8 Å². The average Bonchev–Trinajstić information content (AvgIpc) is 3.27. The molecule has 8 heteroatoms. The lowest BCUT2D eigenvalue weighted by Crippen LogP contribution is -2.30. The van der Waals surface area contributed by atoms with Crippen LogP contribution in [-0.4, -0.2) is 31.7 Å². The third-order valence-corrected chi connectivity index (χ3v) is 6.58. The first-order chi connectivity index (χ1) is 17.4. The van der Waals surface area contributed by atoms with Gasteiger partial charge in [0.25, 0.3) is 0 Å². The van der Waals surface area contributed by atoms with Gasteiger partial charge < -0.3 is 14.4 Å². The minimum Gasteiger partial charge on any atom is -0.493 e. The summed E-state index contributed by atoms with van der Waals surface area (Å²) in [6, 6.07) is 18.7. The number of anilines is 1. The van der Waals surface area contributed by atoms with Gasteiger partial charge in [0.1, 0.15) is 6.61 Å². The number of ether oxygens (including phenoxy) is 2. The lowest BCUT2D eigenvalue weighted by molar-refractivity contribution is -0.126. The van der Waals surface area contributed by atoms with Crippen molar-refractivity contribution in [1.82, 2.24) is 5.43 Å². The molecule has 0 radical (unpaired) electrons. The zero-order chi connectivity index (χ0) is 25.7. The number of rotatable bonds is 8. The van der Waals surface area contributed by atoms with Crippen LogP contribution in [0.25, 0.3) is 0 Å². The van der Waals surface area contributed by atoms with E-state index in [9.17, 15) is 9.59 Å². The van der Waals surface area contributed by atoms with Gasteiger partial charge in [-0.05, 0) is 66.9 Å². The standard InChI is InChI=1S/C28H28ClN3O4/c1-18-8-10-23(12-19(18)2)32-16-22(14-27(32)33)28(34)31-30-15-20-9-11-25(26(13-20)35-3)36-17-21-6-4-5-7-24(21)29/h4-13,15,22H,14,16-17H2,1-3H3,(H,31,34)/b30-15-/t22-/m0/s1. The molecule has 3 aromatic rings. The summed E-state index contributed by atoms with van der Waals surface area (Å²) in [5, 5.41) is 4.71. The zero-order valence-electron chi connectivity index (χ0n) is 20.5. The topological polar surface area (TPSA) is 80.2 Å². The molecule has 186 valence electrons. The van der Waals surface area contributed by atoms with E-state index < -0.39 is 5.92 Å². The van der Waals surface area contributed by atoms with Crippen molar-refractivity contribution in [3.63, 3.8) is 0 Å². The summed E-state index contributed by atoms with van der Waals surface area (Å²) in [7, 11) is 1.55. The highest BCUT2D eigenvalue weighted by molar-refractivity contribution is 6.31. The second-order valence-electron chi connectivity index (χ2n) is 8.70. The fourth-order valence-corrected chi connectivity index (χ4v) is 4.13. The molecule has 4 rings (SSSR count). The Balaban J connectivity index is 1.34. The Hall–Kier alpha value is -3.84. The molecule has 0 aromatic heterocycles. The lowest BCUT2D eigenvalue weighted by atomic mass is 10.1. The van der Waals surface area contributed by atoms with Crippen molar-refractivity contribution >= 4 is 35.3 Å². The summed E-state index contributed by atoms with van der Waals surface area (Å²) in [5.74, 6) is 0.265. The van der Waals surface area contributed by atoms with E-state index >= 15 is 0 Å². The lowest BCUT2D eigenvalue weighted by Gasteiger charge is -2.17. The summed E-state index contributed by atoms with van der Waals surface area (Å²) in [4.78, 5) is 26.8. The van der Waals surface area contributed by atoms with Crippen LogP contribution in [0.4, 0.5) is 5.69 Å². The minimum atomic E-state index is -0.466. The first-order valence-corrected chi connectivity index (χ1v) is 12.0. The van der Waals surface area contributed by atoms with E-state index in [1.54, 1.807) is 30.2 Å². The second-order valence-corrected chi connectivity index (χ2v) is 9.11. The van der Waals surface area contributed by atoms with Gasteiger partial charge in [0.2, 0.25) is 11.8 Å². The smallest absolute Gasteiger partial charge is 0.245 e. The van der Waals surface area contributed by atoms with Gasteiger partial charge >= 0.3 is 0 Å². The Labute approximate surface area is 215 Å². The number of carbonyl (C=O) groups is 2. The normalized spacial score (nSPS) is 15.4. The summed E-state index contributed by atoms with van der Waals surface area (Å²) in [5.41, 5.74) is 7.22. The van der Waals surface area contributed by atoms with Crippen LogP contribution in [0.2, 0.25) is 5.02 Å². The van der Waals surface area contributed by atoms with Crippen molar-refractivity contribution in [2.75, 3.05) is 18.6 Å². The fraction of sp³-hybridized carbons (Fsp3) is 0.250. The molecule has 1 atom stereocenters. The van der Waals surface area contributed by atoms with Crippen molar-refractivity contribution in [2.24, 2.45) is 11.0 Å². The molecule has 1 aliphatic heterocycles. The molecule has 0 saturated carbocycles. The monoisotopic (exact) mass is 505 g/mol. The molecule has 1 heterocycles. The number of nitrogens with zero attached hydrogens (tertiary/aromatic N) is 2. The van der Waals surface area contributed by atoms with Gasteiger partial charge in [-0.2, -0.15) is 5.10 Å². The Morgan fingerprint density at radius 3 is 2.67 bits per heavy atom. The number of hydrogen-bond donors (Lipinski definition) is 1. The van der Waals surface area contributed by atoms with Gasteiger partial charge in [-0.25, -0.2) is 5.43 Å². The van der Waals surface area contributed by atoms with Gasteiger partial charge in [0, 0.05) is 29.2 Å². The number of carbonyl (C=O) groups excluding carboxylic acids is 2. The van der Waals surface area contributed by atoms with Gasteiger partial charge in [-0.3, -0.25) is 9.59 Å². The van der Waals surface area contributed by atoms with E-state index in [0.29, 0.717) is 29.7 Å². The minimum absolute atomic E-state index is 0.0699. The third-order valence-electron chi connectivity index (χ3n) is 6.22. The number of aryl methyl sites for hydroxylation is 2. The number of nitrogens with one attached hydrogen (secondary N) is 1.